The lowest BCUT2D eigenvalue weighted by atomic mass is 10.0. The van der Waals surface area contributed by atoms with Crippen LogP contribution in [0.4, 0.5) is 5.69 Å². The van der Waals surface area contributed by atoms with Crippen molar-refractivity contribution in [2.24, 2.45) is 0 Å². The van der Waals surface area contributed by atoms with Crippen LogP contribution in [0.25, 0.3) is 0 Å². The van der Waals surface area contributed by atoms with Crippen LogP contribution in [0.2, 0.25) is 0 Å². The van der Waals surface area contributed by atoms with Gasteiger partial charge in [-0.05, 0) is 53.3 Å². The van der Waals surface area contributed by atoms with E-state index in [2.05, 4.69) is 5.32 Å². The van der Waals surface area contributed by atoms with Crippen molar-refractivity contribution in [3.05, 3.63) is 118 Å². The maximum atomic E-state index is 13.8. The largest absolute Gasteiger partial charge is 0.497 e. The van der Waals surface area contributed by atoms with Gasteiger partial charge in [-0.3, -0.25) is 14.5 Å². The second-order valence-corrected chi connectivity index (χ2v) is 9.22. The molecule has 6 heteroatoms. The van der Waals surface area contributed by atoms with Gasteiger partial charge in [-0.15, -0.1) is 11.3 Å². The Labute approximate surface area is 210 Å². The molecule has 4 rings (SSSR count). The van der Waals surface area contributed by atoms with Crippen molar-refractivity contribution in [2.75, 3.05) is 12.0 Å². The zero-order valence-corrected chi connectivity index (χ0v) is 20.6. The molecular formula is C29H28N2O3S. The molecule has 1 aromatic heterocycles. The van der Waals surface area contributed by atoms with Crippen LogP contribution < -0.4 is 15.0 Å². The lowest BCUT2D eigenvalue weighted by Gasteiger charge is -2.32. The van der Waals surface area contributed by atoms with Crippen molar-refractivity contribution in [3.63, 3.8) is 0 Å². The minimum atomic E-state index is -0.817. The summed E-state index contributed by atoms with van der Waals surface area (Å²) in [7, 11) is 1.62. The van der Waals surface area contributed by atoms with E-state index in [1.807, 2.05) is 103 Å². The summed E-state index contributed by atoms with van der Waals surface area (Å²) in [5.74, 6) is 0.386. The number of nitrogens with one attached hydrogen (secondary N) is 1. The maximum absolute atomic E-state index is 13.8. The average Bonchev–Trinajstić information content (AvgIpc) is 3.40. The number of aryl methyl sites for hydroxylation is 1. The summed E-state index contributed by atoms with van der Waals surface area (Å²) < 4.78 is 5.22. The SMILES string of the molecule is COc1ccc(CNC(=O)[C@H](c2ccccc2)N(C(=O)Cc2cccs2)c2ccccc2C)cc1. The van der Waals surface area contributed by atoms with E-state index in [4.69, 9.17) is 4.74 Å². The van der Waals surface area contributed by atoms with Gasteiger partial charge >= 0.3 is 0 Å². The van der Waals surface area contributed by atoms with E-state index in [-0.39, 0.29) is 18.2 Å². The van der Waals surface area contributed by atoms with Gasteiger partial charge in [-0.25, -0.2) is 0 Å². The number of rotatable bonds is 9. The Morgan fingerprint density at radius 2 is 1.63 bits per heavy atom. The van der Waals surface area contributed by atoms with Crippen LogP contribution in [0.5, 0.6) is 5.75 Å². The number of methoxy groups -OCH3 is 1. The minimum absolute atomic E-state index is 0.129. The zero-order chi connectivity index (χ0) is 24.6. The molecule has 0 spiro atoms. The van der Waals surface area contributed by atoms with E-state index < -0.39 is 6.04 Å². The van der Waals surface area contributed by atoms with Gasteiger partial charge < -0.3 is 10.1 Å². The summed E-state index contributed by atoms with van der Waals surface area (Å²) in [6.07, 6.45) is 0.223. The van der Waals surface area contributed by atoms with Crippen LogP contribution in [0.1, 0.15) is 27.6 Å². The highest BCUT2D eigenvalue weighted by Gasteiger charge is 2.33. The molecule has 3 aromatic carbocycles. The number of para-hydroxylation sites is 1. The Kier molecular flexibility index (Phi) is 7.95. The highest BCUT2D eigenvalue weighted by molar-refractivity contribution is 7.10. The van der Waals surface area contributed by atoms with Gasteiger partial charge in [0.05, 0.1) is 13.5 Å². The third kappa shape index (κ3) is 5.97. The lowest BCUT2D eigenvalue weighted by molar-refractivity contribution is -0.126. The van der Waals surface area contributed by atoms with Gasteiger partial charge in [0.1, 0.15) is 11.8 Å². The number of hydrogen-bond donors (Lipinski definition) is 1. The van der Waals surface area contributed by atoms with Gasteiger partial charge in [0.15, 0.2) is 0 Å². The summed E-state index contributed by atoms with van der Waals surface area (Å²) in [4.78, 5) is 30.1. The van der Waals surface area contributed by atoms with E-state index in [0.717, 1.165) is 33.0 Å². The average molecular weight is 485 g/mol. The molecule has 5 nitrogen and oxygen atoms in total. The van der Waals surface area contributed by atoms with E-state index in [1.165, 1.54) is 11.3 Å². The molecule has 4 aromatic rings. The summed E-state index contributed by atoms with van der Waals surface area (Å²) in [6.45, 7) is 2.30. The van der Waals surface area contributed by atoms with E-state index >= 15 is 0 Å². The number of amides is 2. The molecule has 0 aliphatic rings. The van der Waals surface area contributed by atoms with Gasteiger partial charge in [0.25, 0.3) is 0 Å². The lowest BCUT2D eigenvalue weighted by Crippen LogP contribution is -2.44. The molecule has 35 heavy (non-hydrogen) atoms. The number of benzene rings is 3. The third-order valence-corrected chi connectivity index (χ3v) is 6.67. The number of thiophene rings is 1. The van der Waals surface area contributed by atoms with Gasteiger partial charge in [-0.2, -0.15) is 0 Å². The van der Waals surface area contributed by atoms with Crippen LogP contribution in [-0.2, 0) is 22.6 Å². The van der Waals surface area contributed by atoms with Gasteiger partial charge in [0.2, 0.25) is 11.8 Å². The molecule has 0 bridgehead atoms. The highest BCUT2D eigenvalue weighted by atomic mass is 32.1. The summed E-state index contributed by atoms with van der Waals surface area (Å²) in [6, 6.07) is 27.8. The fraction of sp³-hybridized carbons (Fsp3) is 0.172. The van der Waals surface area contributed by atoms with E-state index in [9.17, 15) is 9.59 Å². The first-order chi connectivity index (χ1) is 17.1. The molecule has 1 atom stereocenters. The standard InChI is InChI=1S/C29H28N2O3S/c1-21-9-6-7-13-26(21)31(27(32)19-25-12-8-18-35-25)28(23-10-4-3-5-11-23)29(33)30-20-22-14-16-24(34-2)17-15-22/h3-18,28H,19-20H2,1-2H3,(H,30,33)/t28-/m0/s1. The topological polar surface area (TPSA) is 58.6 Å². The molecule has 0 fully saturated rings. The first-order valence-electron chi connectivity index (χ1n) is 11.4. The maximum Gasteiger partial charge on any atom is 0.248 e. The molecular weight excluding hydrogens is 456 g/mol. The monoisotopic (exact) mass is 484 g/mol. The molecule has 0 radical (unpaired) electrons. The zero-order valence-electron chi connectivity index (χ0n) is 19.8. The molecule has 1 N–H and O–H groups in total. The second kappa shape index (κ2) is 11.5. The number of anilines is 1. The number of carbonyl (C=O) groups is 2. The van der Waals surface area contributed by atoms with Crippen LogP contribution in [0.15, 0.2) is 96.4 Å². The quantitative estimate of drug-likeness (QED) is 0.332. The van der Waals surface area contributed by atoms with Crippen molar-refractivity contribution >= 4 is 28.8 Å². The predicted molar refractivity (Wildman–Crippen MR) is 141 cm³/mol. The number of hydrogen-bond acceptors (Lipinski definition) is 4. The van der Waals surface area contributed by atoms with Crippen molar-refractivity contribution < 1.29 is 14.3 Å². The molecule has 0 saturated carbocycles. The normalized spacial score (nSPS) is 11.5. The van der Waals surface area contributed by atoms with Crippen LogP contribution >= 0.6 is 11.3 Å². The fourth-order valence-electron chi connectivity index (χ4n) is 3.98. The van der Waals surface area contributed by atoms with E-state index in [0.29, 0.717) is 6.54 Å². The third-order valence-electron chi connectivity index (χ3n) is 5.80. The van der Waals surface area contributed by atoms with Crippen LogP contribution in [-0.4, -0.2) is 18.9 Å². The Morgan fingerprint density at radius 3 is 2.29 bits per heavy atom. The number of nitrogens with zero attached hydrogens (tertiary/aromatic N) is 1. The predicted octanol–water partition coefficient (Wildman–Crippen LogP) is 5.70. The Balaban J connectivity index is 1.69. The molecule has 0 aliphatic heterocycles. The summed E-state index contributed by atoms with van der Waals surface area (Å²) >= 11 is 1.54. The summed E-state index contributed by atoms with van der Waals surface area (Å²) in [5.41, 5.74) is 3.35. The molecule has 178 valence electrons. The van der Waals surface area contributed by atoms with Crippen LogP contribution in [0.3, 0.4) is 0 Å². The van der Waals surface area contributed by atoms with Gasteiger partial charge in [-0.1, -0.05) is 66.7 Å². The van der Waals surface area contributed by atoms with Crippen molar-refractivity contribution in [3.8, 4) is 5.75 Å². The number of ether oxygens (including phenoxy) is 1. The minimum Gasteiger partial charge on any atom is -0.497 e. The van der Waals surface area contributed by atoms with Crippen molar-refractivity contribution in [1.82, 2.24) is 5.32 Å². The molecule has 0 saturated heterocycles. The van der Waals surface area contributed by atoms with Crippen molar-refractivity contribution in [2.45, 2.75) is 25.9 Å². The highest BCUT2D eigenvalue weighted by Crippen LogP contribution is 2.31. The number of carbonyl (C=O) groups excluding carboxylic acids is 2. The molecule has 2 amide bonds. The Bertz CT molecular complexity index is 1250. The first-order valence-corrected chi connectivity index (χ1v) is 12.3. The van der Waals surface area contributed by atoms with Crippen molar-refractivity contribution in [1.29, 1.82) is 0 Å². The summed E-state index contributed by atoms with van der Waals surface area (Å²) in [5, 5.41) is 5.00. The van der Waals surface area contributed by atoms with Gasteiger partial charge in [0, 0.05) is 17.1 Å². The second-order valence-electron chi connectivity index (χ2n) is 8.19. The first kappa shape index (κ1) is 24.2. The molecule has 0 aliphatic carbocycles. The Hall–Kier alpha value is -3.90. The van der Waals surface area contributed by atoms with E-state index in [1.54, 1.807) is 12.0 Å². The molecule has 0 unspecified atom stereocenters. The molecule has 1 heterocycles. The fourth-order valence-corrected chi connectivity index (χ4v) is 4.68. The van der Waals surface area contributed by atoms with Crippen LogP contribution in [0, 0.1) is 6.92 Å². The smallest absolute Gasteiger partial charge is 0.248 e. The Morgan fingerprint density at radius 1 is 0.914 bits per heavy atom.